The third-order valence-corrected chi connectivity index (χ3v) is 4.68. The van der Waals surface area contributed by atoms with E-state index in [0.29, 0.717) is 6.61 Å². The van der Waals surface area contributed by atoms with Gasteiger partial charge in [-0.15, -0.1) is 0 Å². The Morgan fingerprint density at radius 3 is 1.69 bits per heavy atom. The summed E-state index contributed by atoms with van der Waals surface area (Å²) in [4.78, 5) is 11.7. The van der Waals surface area contributed by atoms with Crippen LogP contribution < -0.4 is 0 Å². The summed E-state index contributed by atoms with van der Waals surface area (Å²) in [5.41, 5.74) is -0.214. The second-order valence-electron chi connectivity index (χ2n) is 5.10. The van der Waals surface area contributed by atoms with Gasteiger partial charge in [0.1, 0.15) is 0 Å². The number of rotatable bonds is 2. The van der Waals surface area contributed by atoms with Crippen LogP contribution in [-0.2, 0) is 9.53 Å². The molecule has 0 N–H and O–H groups in total. The van der Waals surface area contributed by atoms with Crippen LogP contribution in [0.25, 0.3) is 0 Å². The van der Waals surface area contributed by atoms with Crippen LogP contribution in [0, 0.1) is 16.2 Å². The fourth-order valence-electron chi connectivity index (χ4n) is 2.38. The van der Waals surface area contributed by atoms with E-state index in [1.165, 1.54) is 0 Å². The van der Waals surface area contributed by atoms with Crippen LogP contribution in [0.4, 0.5) is 0 Å². The molecule has 1 aliphatic rings. The van der Waals surface area contributed by atoms with Gasteiger partial charge in [-0.3, -0.25) is 4.79 Å². The molecule has 0 atom stereocenters. The van der Waals surface area contributed by atoms with Crippen molar-refractivity contribution in [1.29, 1.82) is 0 Å². The molecule has 76 valence electrons. The molecule has 1 fully saturated rings. The summed E-state index contributed by atoms with van der Waals surface area (Å²) in [5.74, 6) is -0.0509. The van der Waals surface area contributed by atoms with Crippen LogP contribution in [-0.4, -0.2) is 12.6 Å². The normalized spacial score (nSPS) is 26.6. The van der Waals surface area contributed by atoms with Gasteiger partial charge >= 0.3 is 5.97 Å². The molecule has 0 heterocycles. The third-order valence-electron chi connectivity index (χ3n) is 4.68. The summed E-state index contributed by atoms with van der Waals surface area (Å²) >= 11 is 0. The van der Waals surface area contributed by atoms with Gasteiger partial charge in [0.2, 0.25) is 0 Å². The van der Waals surface area contributed by atoms with Gasteiger partial charge in [-0.1, -0.05) is 27.7 Å². The first-order valence-corrected chi connectivity index (χ1v) is 4.90. The monoisotopic (exact) mass is 184 g/mol. The zero-order chi connectivity index (χ0) is 10.5. The molecule has 1 rings (SSSR count). The van der Waals surface area contributed by atoms with Gasteiger partial charge in [-0.25, -0.2) is 0 Å². The predicted molar refractivity (Wildman–Crippen MR) is 52.3 cm³/mol. The van der Waals surface area contributed by atoms with Crippen molar-refractivity contribution in [3.8, 4) is 0 Å². The first-order valence-electron chi connectivity index (χ1n) is 4.90. The van der Waals surface area contributed by atoms with E-state index in [1.807, 2.05) is 13.8 Å². The van der Waals surface area contributed by atoms with E-state index in [2.05, 4.69) is 27.7 Å². The van der Waals surface area contributed by atoms with E-state index in [4.69, 9.17) is 4.74 Å². The number of ether oxygens (including phenoxy) is 1. The molecule has 2 nitrogen and oxygen atoms in total. The molecule has 1 saturated carbocycles. The molecule has 0 aliphatic heterocycles. The minimum Gasteiger partial charge on any atom is -0.466 e. The lowest BCUT2D eigenvalue weighted by molar-refractivity contribution is -0.151. The Labute approximate surface area is 80.7 Å². The standard InChI is InChI=1S/C11H20O2/c1-7-13-8(12)11(6)9(2,3)10(11,4)5/h7H2,1-6H3. The second-order valence-corrected chi connectivity index (χ2v) is 5.10. The predicted octanol–water partition coefficient (Wildman–Crippen LogP) is 2.62. The van der Waals surface area contributed by atoms with Gasteiger partial charge in [-0.05, 0) is 24.7 Å². The van der Waals surface area contributed by atoms with Crippen molar-refractivity contribution in [2.24, 2.45) is 16.2 Å². The summed E-state index contributed by atoms with van der Waals surface area (Å²) in [6, 6.07) is 0. The Morgan fingerprint density at radius 2 is 1.46 bits per heavy atom. The second kappa shape index (κ2) is 2.49. The largest absolute Gasteiger partial charge is 0.466 e. The van der Waals surface area contributed by atoms with Crippen LogP contribution in [0.3, 0.4) is 0 Å². The van der Waals surface area contributed by atoms with E-state index >= 15 is 0 Å². The van der Waals surface area contributed by atoms with E-state index in [-0.39, 0.29) is 22.2 Å². The molecule has 0 amide bonds. The molecule has 0 radical (unpaired) electrons. The van der Waals surface area contributed by atoms with Crippen LogP contribution in [0.5, 0.6) is 0 Å². The molecule has 0 aromatic carbocycles. The van der Waals surface area contributed by atoms with E-state index in [9.17, 15) is 4.79 Å². The number of carbonyl (C=O) groups is 1. The maximum absolute atomic E-state index is 11.7. The van der Waals surface area contributed by atoms with Gasteiger partial charge in [0.25, 0.3) is 0 Å². The first kappa shape index (κ1) is 10.6. The summed E-state index contributed by atoms with van der Waals surface area (Å²) < 4.78 is 5.10. The number of hydrogen-bond donors (Lipinski definition) is 0. The average Bonchev–Trinajstić information content (AvgIpc) is 2.31. The van der Waals surface area contributed by atoms with E-state index in [1.54, 1.807) is 0 Å². The molecule has 1 aliphatic carbocycles. The Hall–Kier alpha value is -0.530. The summed E-state index contributed by atoms with van der Waals surface area (Å²) in [5, 5.41) is 0. The first-order chi connectivity index (χ1) is 5.73. The van der Waals surface area contributed by atoms with Crippen molar-refractivity contribution in [3.05, 3.63) is 0 Å². The summed E-state index contributed by atoms with van der Waals surface area (Å²) in [7, 11) is 0. The van der Waals surface area contributed by atoms with Crippen molar-refractivity contribution in [1.82, 2.24) is 0 Å². The maximum atomic E-state index is 11.7. The molecule has 0 bridgehead atoms. The van der Waals surface area contributed by atoms with Gasteiger partial charge < -0.3 is 4.74 Å². The molecule has 0 saturated heterocycles. The minimum atomic E-state index is -0.310. The lowest BCUT2D eigenvalue weighted by atomic mass is 9.98. The van der Waals surface area contributed by atoms with Crippen molar-refractivity contribution >= 4 is 5.97 Å². The highest BCUT2D eigenvalue weighted by atomic mass is 16.5. The zero-order valence-corrected chi connectivity index (χ0v) is 9.52. The van der Waals surface area contributed by atoms with E-state index < -0.39 is 0 Å². The zero-order valence-electron chi connectivity index (χ0n) is 9.52. The Balaban J connectivity index is 2.88. The van der Waals surface area contributed by atoms with Gasteiger partial charge in [-0.2, -0.15) is 0 Å². The van der Waals surface area contributed by atoms with Crippen LogP contribution in [0.2, 0.25) is 0 Å². The summed E-state index contributed by atoms with van der Waals surface area (Å²) in [6.07, 6.45) is 0. The summed E-state index contributed by atoms with van der Waals surface area (Å²) in [6.45, 7) is 12.8. The van der Waals surface area contributed by atoms with Gasteiger partial charge in [0.15, 0.2) is 0 Å². The number of hydrogen-bond acceptors (Lipinski definition) is 2. The average molecular weight is 184 g/mol. The Morgan fingerprint density at radius 1 is 1.08 bits per heavy atom. The lowest BCUT2D eigenvalue weighted by Gasteiger charge is -2.13. The van der Waals surface area contributed by atoms with Crippen molar-refractivity contribution < 1.29 is 9.53 Å². The highest BCUT2D eigenvalue weighted by Gasteiger charge is 2.78. The molecule has 2 heteroatoms. The van der Waals surface area contributed by atoms with Crippen LogP contribution in [0.15, 0.2) is 0 Å². The highest BCUT2D eigenvalue weighted by Crippen LogP contribution is 2.77. The van der Waals surface area contributed by atoms with Gasteiger partial charge in [0, 0.05) is 0 Å². The Bertz CT molecular complexity index is 224. The molecule has 0 spiro atoms. The van der Waals surface area contributed by atoms with Crippen LogP contribution in [0.1, 0.15) is 41.5 Å². The Kier molecular flexibility index (Phi) is 2.02. The van der Waals surface area contributed by atoms with Crippen molar-refractivity contribution in [3.63, 3.8) is 0 Å². The lowest BCUT2D eigenvalue weighted by Crippen LogP contribution is -2.22. The maximum Gasteiger partial charge on any atom is 0.312 e. The molecular formula is C11H20O2. The quantitative estimate of drug-likeness (QED) is 0.617. The number of carbonyl (C=O) groups excluding carboxylic acids is 1. The minimum absolute atomic E-state index is 0.0479. The topological polar surface area (TPSA) is 26.3 Å². The fourth-order valence-corrected chi connectivity index (χ4v) is 2.38. The number of esters is 1. The van der Waals surface area contributed by atoms with Crippen LogP contribution >= 0.6 is 0 Å². The molecule has 0 aromatic heterocycles. The molecular weight excluding hydrogens is 164 g/mol. The SMILES string of the molecule is CCOC(=O)C1(C)C(C)(C)C1(C)C. The smallest absolute Gasteiger partial charge is 0.312 e. The molecule has 0 unspecified atom stereocenters. The molecule has 13 heavy (non-hydrogen) atoms. The van der Waals surface area contributed by atoms with E-state index in [0.717, 1.165) is 0 Å². The van der Waals surface area contributed by atoms with Crippen molar-refractivity contribution in [2.45, 2.75) is 41.5 Å². The van der Waals surface area contributed by atoms with Gasteiger partial charge in [0.05, 0.1) is 12.0 Å². The highest BCUT2D eigenvalue weighted by molar-refractivity contribution is 5.83. The van der Waals surface area contributed by atoms with Crippen molar-refractivity contribution in [2.75, 3.05) is 6.61 Å². The molecule has 0 aromatic rings. The fraction of sp³-hybridized carbons (Fsp3) is 0.909. The third kappa shape index (κ3) is 0.918.